The molecule has 0 unspecified atom stereocenters. The summed E-state index contributed by atoms with van der Waals surface area (Å²) in [6.07, 6.45) is 0. The van der Waals surface area contributed by atoms with E-state index >= 15 is 0 Å². The highest BCUT2D eigenvalue weighted by molar-refractivity contribution is 6.30. The zero-order valence-corrected chi connectivity index (χ0v) is 14.6. The van der Waals surface area contributed by atoms with Gasteiger partial charge in [-0.2, -0.15) is 9.99 Å². The summed E-state index contributed by atoms with van der Waals surface area (Å²) in [7, 11) is 0. The van der Waals surface area contributed by atoms with Crippen LogP contribution in [0.15, 0.2) is 48.5 Å². The van der Waals surface area contributed by atoms with E-state index in [2.05, 4.69) is 11.1 Å². The summed E-state index contributed by atoms with van der Waals surface area (Å²) in [6.45, 7) is 1.74. The molecule has 7 heteroatoms. The van der Waals surface area contributed by atoms with E-state index in [1.807, 2.05) is 0 Å². The Bertz CT molecular complexity index is 1000. The van der Waals surface area contributed by atoms with Gasteiger partial charge in [0.05, 0.1) is 17.3 Å². The predicted molar refractivity (Wildman–Crippen MR) is 95.8 cm³/mol. The van der Waals surface area contributed by atoms with Crippen LogP contribution in [-0.4, -0.2) is 20.8 Å². The fourth-order valence-electron chi connectivity index (χ4n) is 2.51. The van der Waals surface area contributed by atoms with Crippen LogP contribution in [0.4, 0.5) is 0 Å². The highest BCUT2D eigenvalue weighted by atomic mass is 35.5. The third kappa shape index (κ3) is 3.53. The average Bonchev–Trinajstić information content (AvgIpc) is 2.98. The number of aromatic nitrogens is 2. The summed E-state index contributed by atoms with van der Waals surface area (Å²) in [5.41, 5.74) is 2.14. The molecule has 3 rings (SSSR count). The number of halogens is 1. The number of hydrogen-bond donors (Lipinski definition) is 1. The molecule has 6 nitrogen and oxygen atoms in total. The zero-order valence-electron chi connectivity index (χ0n) is 13.8. The molecule has 0 spiro atoms. The maximum absolute atomic E-state index is 11.7. The van der Waals surface area contributed by atoms with Crippen molar-refractivity contribution in [2.24, 2.45) is 0 Å². The number of aryl methyl sites for hydroxylation is 1. The largest absolute Gasteiger partial charge is 0.476 e. The van der Waals surface area contributed by atoms with Crippen LogP contribution in [0.2, 0.25) is 5.02 Å². The highest BCUT2D eigenvalue weighted by Crippen LogP contribution is 2.23. The lowest BCUT2D eigenvalue weighted by atomic mass is 10.1. The lowest BCUT2D eigenvalue weighted by molar-refractivity contribution is 0.0574. The van der Waals surface area contributed by atoms with E-state index in [1.54, 1.807) is 55.5 Å². The second-order valence-electron chi connectivity index (χ2n) is 5.56. The van der Waals surface area contributed by atoms with Gasteiger partial charge in [-0.25, -0.2) is 9.78 Å². The fourth-order valence-corrected chi connectivity index (χ4v) is 2.63. The Kier molecular flexibility index (Phi) is 4.92. The SMILES string of the molecule is Cc1nc(-c2cccc(C#N)c2)n(OCc2ccc(Cl)cc2)c1C(=O)O. The maximum Gasteiger partial charge on any atom is 0.357 e. The summed E-state index contributed by atoms with van der Waals surface area (Å²) in [5.74, 6) is -0.820. The summed E-state index contributed by atoms with van der Waals surface area (Å²) in [4.78, 5) is 21.7. The van der Waals surface area contributed by atoms with E-state index in [4.69, 9.17) is 21.7 Å². The molecule has 0 radical (unpaired) electrons. The molecule has 3 aromatic rings. The number of carboxylic acid groups (broad SMARTS) is 1. The van der Waals surface area contributed by atoms with Gasteiger partial charge in [0.1, 0.15) is 6.61 Å². The molecule has 0 atom stereocenters. The lowest BCUT2D eigenvalue weighted by Gasteiger charge is -2.12. The molecule has 0 fully saturated rings. The van der Waals surface area contributed by atoms with Gasteiger partial charge < -0.3 is 9.94 Å². The third-order valence-electron chi connectivity index (χ3n) is 3.74. The molecule has 1 aromatic heterocycles. The van der Waals surface area contributed by atoms with E-state index < -0.39 is 5.97 Å². The Morgan fingerprint density at radius 2 is 2.04 bits per heavy atom. The van der Waals surface area contributed by atoms with Crippen molar-refractivity contribution in [3.8, 4) is 17.5 Å². The molecular formula is C19H14ClN3O3. The molecule has 1 N–H and O–H groups in total. The summed E-state index contributed by atoms with van der Waals surface area (Å²) in [5, 5.41) is 19.2. The first-order valence-corrected chi connectivity index (χ1v) is 8.08. The minimum atomic E-state index is -1.14. The molecular weight excluding hydrogens is 354 g/mol. The summed E-state index contributed by atoms with van der Waals surface area (Å²) < 4.78 is 1.20. The minimum absolute atomic E-state index is 0.0590. The second kappa shape index (κ2) is 7.30. The van der Waals surface area contributed by atoms with Crippen molar-refractivity contribution >= 4 is 17.6 Å². The van der Waals surface area contributed by atoms with Gasteiger partial charge in [-0.05, 0) is 36.8 Å². The molecule has 1 heterocycles. The molecule has 2 aromatic carbocycles. The monoisotopic (exact) mass is 367 g/mol. The van der Waals surface area contributed by atoms with Crippen LogP contribution in [0.3, 0.4) is 0 Å². The van der Waals surface area contributed by atoms with Gasteiger partial charge in [0.15, 0.2) is 11.5 Å². The standard InChI is InChI=1S/C19H14ClN3O3/c1-12-17(19(24)25)23(26-11-13-5-7-16(20)8-6-13)18(22-12)15-4-2-3-14(9-15)10-21/h2-9H,11H2,1H3,(H,24,25). The third-order valence-corrected chi connectivity index (χ3v) is 3.99. The fraction of sp³-hybridized carbons (Fsp3) is 0.105. The van der Waals surface area contributed by atoms with Gasteiger partial charge in [-0.3, -0.25) is 0 Å². The van der Waals surface area contributed by atoms with E-state index in [1.165, 1.54) is 4.73 Å². The van der Waals surface area contributed by atoms with Gasteiger partial charge >= 0.3 is 5.97 Å². The van der Waals surface area contributed by atoms with E-state index in [0.717, 1.165) is 5.56 Å². The van der Waals surface area contributed by atoms with Gasteiger partial charge in [-0.1, -0.05) is 35.9 Å². The first-order valence-electron chi connectivity index (χ1n) is 7.70. The Morgan fingerprint density at radius 1 is 1.31 bits per heavy atom. The van der Waals surface area contributed by atoms with Crippen molar-refractivity contribution in [2.75, 3.05) is 0 Å². The van der Waals surface area contributed by atoms with Gasteiger partial charge in [0.2, 0.25) is 0 Å². The van der Waals surface area contributed by atoms with Crippen molar-refractivity contribution in [1.82, 2.24) is 9.71 Å². The number of nitriles is 1. The van der Waals surface area contributed by atoms with Crippen LogP contribution in [0.5, 0.6) is 0 Å². The number of aromatic carboxylic acids is 1. The van der Waals surface area contributed by atoms with Crippen LogP contribution in [0.25, 0.3) is 11.4 Å². The topological polar surface area (TPSA) is 88.1 Å². The van der Waals surface area contributed by atoms with Crippen LogP contribution in [0.1, 0.15) is 27.3 Å². The minimum Gasteiger partial charge on any atom is -0.476 e. The zero-order chi connectivity index (χ0) is 18.7. The predicted octanol–water partition coefficient (Wildman–Crippen LogP) is 3.71. The van der Waals surface area contributed by atoms with Gasteiger partial charge in [-0.15, -0.1) is 0 Å². The highest BCUT2D eigenvalue weighted by Gasteiger charge is 2.23. The molecule has 130 valence electrons. The first-order chi connectivity index (χ1) is 12.5. The molecule has 26 heavy (non-hydrogen) atoms. The smallest absolute Gasteiger partial charge is 0.357 e. The van der Waals surface area contributed by atoms with Crippen molar-refractivity contribution < 1.29 is 14.7 Å². The number of benzene rings is 2. The van der Waals surface area contributed by atoms with Crippen molar-refractivity contribution in [1.29, 1.82) is 5.26 Å². The molecule has 0 aliphatic carbocycles. The number of carboxylic acids is 1. The Hall–Kier alpha value is -3.30. The van der Waals surface area contributed by atoms with Crippen LogP contribution in [-0.2, 0) is 6.61 Å². The summed E-state index contributed by atoms with van der Waals surface area (Å²) >= 11 is 5.87. The van der Waals surface area contributed by atoms with Crippen LogP contribution >= 0.6 is 11.6 Å². The van der Waals surface area contributed by atoms with Crippen molar-refractivity contribution in [2.45, 2.75) is 13.5 Å². The number of imidazole rings is 1. The van der Waals surface area contributed by atoms with E-state index in [-0.39, 0.29) is 12.3 Å². The maximum atomic E-state index is 11.7. The number of carbonyl (C=O) groups is 1. The van der Waals surface area contributed by atoms with Gasteiger partial charge in [0, 0.05) is 10.6 Å². The molecule has 0 amide bonds. The quantitative estimate of drug-likeness (QED) is 0.742. The molecule has 0 saturated heterocycles. The van der Waals surface area contributed by atoms with Crippen molar-refractivity contribution in [3.05, 3.63) is 76.1 Å². The Balaban J connectivity index is 2.02. The molecule has 0 saturated carbocycles. The number of rotatable bonds is 5. The van der Waals surface area contributed by atoms with Crippen LogP contribution in [0, 0.1) is 18.3 Å². The first kappa shape index (κ1) is 17.5. The number of nitrogens with zero attached hydrogens (tertiary/aromatic N) is 3. The van der Waals surface area contributed by atoms with Crippen LogP contribution < -0.4 is 4.84 Å². The number of hydrogen-bond acceptors (Lipinski definition) is 4. The van der Waals surface area contributed by atoms with E-state index in [0.29, 0.717) is 27.7 Å². The Labute approximate surface area is 154 Å². The normalized spacial score (nSPS) is 10.3. The van der Waals surface area contributed by atoms with Gasteiger partial charge in [0.25, 0.3) is 0 Å². The van der Waals surface area contributed by atoms with Crippen molar-refractivity contribution in [3.63, 3.8) is 0 Å². The molecule has 0 aliphatic rings. The molecule has 0 bridgehead atoms. The Morgan fingerprint density at radius 3 is 2.69 bits per heavy atom. The second-order valence-corrected chi connectivity index (χ2v) is 6.00. The van der Waals surface area contributed by atoms with E-state index in [9.17, 15) is 9.90 Å². The average molecular weight is 368 g/mol. The summed E-state index contributed by atoms with van der Waals surface area (Å²) in [6, 6.07) is 15.9. The molecule has 0 aliphatic heterocycles. The lowest BCUT2D eigenvalue weighted by Crippen LogP contribution is -2.19.